The molecule has 0 aromatic rings. The van der Waals surface area contributed by atoms with Crippen molar-refractivity contribution < 1.29 is 2.85 Å². The van der Waals surface area contributed by atoms with Gasteiger partial charge in [-0.25, -0.2) is 0 Å². The Morgan fingerprint density at radius 2 is 1.25 bits per heavy atom. The van der Waals surface area contributed by atoms with Gasteiger partial charge >= 0.3 is 10.1 Å². The van der Waals surface area contributed by atoms with Gasteiger partial charge in [-0.15, -0.1) is 0 Å². The van der Waals surface area contributed by atoms with Crippen LogP contribution in [0.1, 0.15) is 23.6 Å². The van der Waals surface area contributed by atoms with Gasteiger partial charge in [0.05, 0.1) is 0 Å². The predicted octanol–water partition coefficient (Wildman–Crippen LogP) is 1.19. The predicted molar refractivity (Wildman–Crippen MR) is 41.4 cm³/mol. The van der Waals surface area contributed by atoms with Crippen LogP contribution in [0.2, 0.25) is 0 Å². The molecule has 0 fully saturated rings. The third kappa shape index (κ3) is 4.29. The van der Waals surface area contributed by atoms with Crippen molar-refractivity contribution in [1.29, 1.82) is 0 Å². The summed E-state index contributed by atoms with van der Waals surface area (Å²) in [4.78, 5) is 2.38. The first-order valence-electron chi connectivity index (χ1n) is 3.07. The summed E-state index contributed by atoms with van der Waals surface area (Å²) >= 11 is 0. The Balaban J connectivity index is -0.0000000600. The molecule has 2 heteroatoms. The second-order valence-electron chi connectivity index (χ2n) is 1.62. The van der Waals surface area contributed by atoms with Crippen LogP contribution in [-0.2, 0) is 0 Å². The molecule has 1 nitrogen and oxygen atoms in total. The van der Waals surface area contributed by atoms with E-state index in [1.54, 1.807) is 0 Å². The second kappa shape index (κ2) is 7.13. The molecule has 0 aliphatic rings. The van der Waals surface area contributed by atoms with E-state index in [0.717, 1.165) is 0 Å². The maximum Gasteiger partial charge on any atom is 2.00 e. The fourth-order valence-electron chi connectivity index (χ4n) is 0.671. The molecule has 0 saturated heterocycles. The number of nitrogens with zero attached hydrogens (tertiary/aromatic N) is 1. The summed E-state index contributed by atoms with van der Waals surface area (Å²) in [6.07, 6.45) is 0. The van der Waals surface area contributed by atoms with Crippen molar-refractivity contribution in [3.05, 3.63) is 0 Å². The molecule has 0 rings (SSSR count). The van der Waals surface area contributed by atoms with Crippen LogP contribution in [0.3, 0.4) is 0 Å². The topological polar surface area (TPSA) is 3.24 Å². The molecule has 0 heterocycles. The fourth-order valence-corrected chi connectivity index (χ4v) is 0.671. The largest absolute Gasteiger partial charge is 2.00 e. The summed E-state index contributed by atoms with van der Waals surface area (Å²) in [5, 5.41) is 0. The van der Waals surface area contributed by atoms with E-state index in [4.69, 9.17) is 0 Å². The van der Waals surface area contributed by atoms with Crippen molar-refractivity contribution in [3.8, 4) is 0 Å². The molecule has 0 aromatic heterocycles. The van der Waals surface area contributed by atoms with Gasteiger partial charge in [0.2, 0.25) is 0 Å². The standard InChI is InChI=1S/C6H15N.Be.2H/c1-4-7(5-2)6-3;;;/h4-6H2,1-3H3;;;/q;+2;2*-1. The van der Waals surface area contributed by atoms with Crippen LogP contribution in [0.25, 0.3) is 0 Å². The van der Waals surface area contributed by atoms with Crippen molar-refractivity contribution in [2.75, 3.05) is 19.6 Å². The van der Waals surface area contributed by atoms with E-state index in [1.165, 1.54) is 19.6 Å². The summed E-state index contributed by atoms with van der Waals surface area (Å²) in [7, 11) is 0. The zero-order chi connectivity index (χ0) is 5.70. The van der Waals surface area contributed by atoms with Crippen LogP contribution < -0.4 is 0 Å². The van der Waals surface area contributed by atoms with Crippen LogP contribution in [0.5, 0.6) is 0 Å². The van der Waals surface area contributed by atoms with Crippen molar-refractivity contribution in [1.82, 2.24) is 4.90 Å². The van der Waals surface area contributed by atoms with E-state index >= 15 is 0 Å². The molecule has 0 unspecified atom stereocenters. The molecule has 48 valence electrons. The normalized spacial score (nSPS) is 9.00. The van der Waals surface area contributed by atoms with Crippen LogP contribution >= 0.6 is 0 Å². The first-order chi connectivity index (χ1) is 3.35. The maximum atomic E-state index is 2.38. The van der Waals surface area contributed by atoms with Crippen molar-refractivity contribution in [2.45, 2.75) is 20.8 Å². The minimum atomic E-state index is 0. The summed E-state index contributed by atoms with van der Waals surface area (Å²) in [6, 6.07) is 0. The Labute approximate surface area is 59.3 Å². The van der Waals surface area contributed by atoms with Crippen LogP contribution in [0.4, 0.5) is 0 Å². The van der Waals surface area contributed by atoms with E-state index in [0.29, 0.717) is 0 Å². The Kier molecular flexibility index (Phi) is 9.80. The minimum Gasteiger partial charge on any atom is -1.00 e. The van der Waals surface area contributed by atoms with Gasteiger partial charge < -0.3 is 7.75 Å². The van der Waals surface area contributed by atoms with Gasteiger partial charge in [0.25, 0.3) is 0 Å². The Hall–Kier alpha value is 0.129. The van der Waals surface area contributed by atoms with Crippen LogP contribution in [-0.4, -0.2) is 34.7 Å². The molecule has 0 radical (unpaired) electrons. The summed E-state index contributed by atoms with van der Waals surface area (Å²) in [5.41, 5.74) is 0. The van der Waals surface area contributed by atoms with Gasteiger partial charge in [0.15, 0.2) is 0 Å². The summed E-state index contributed by atoms with van der Waals surface area (Å²) < 4.78 is 0. The number of hydrogen-bond donors (Lipinski definition) is 0. The van der Waals surface area contributed by atoms with Gasteiger partial charge in [-0.1, -0.05) is 20.8 Å². The van der Waals surface area contributed by atoms with E-state index in [1.807, 2.05) is 0 Å². The van der Waals surface area contributed by atoms with Gasteiger partial charge in [-0.3, -0.25) is 0 Å². The molecular formula is C6H17BeN. The Morgan fingerprint density at radius 3 is 1.25 bits per heavy atom. The zero-order valence-electron chi connectivity index (χ0n) is 8.28. The van der Waals surface area contributed by atoms with E-state index in [9.17, 15) is 0 Å². The van der Waals surface area contributed by atoms with Gasteiger partial charge in [0, 0.05) is 0 Å². The number of rotatable bonds is 3. The molecular weight excluding hydrogens is 95.1 g/mol. The van der Waals surface area contributed by atoms with E-state index in [2.05, 4.69) is 25.7 Å². The molecule has 0 amide bonds. The zero-order valence-corrected chi connectivity index (χ0v) is 6.28. The average Bonchev–Trinajstić information content (AvgIpc) is 1.72. The van der Waals surface area contributed by atoms with Gasteiger partial charge in [-0.05, 0) is 19.6 Å². The number of hydrogen-bond acceptors (Lipinski definition) is 1. The second-order valence-corrected chi connectivity index (χ2v) is 1.62. The molecule has 0 saturated carbocycles. The smallest absolute Gasteiger partial charge is 1.00 e. The minimum absolute atomic E-state index is 0. The fraction of sp³-hybridized carbons (Fsp3) is 1.00. The van der Waals surface area contributed by atoms with Gasteiger partial charge in [0.1, 0.15) is 0 Å². The Morgan fingerprint density at radius 1 is 1.00 bits per heavy atom. The van der Waals surface area contributed by atoms with Crippen molar-refractivity contribution >= 4 is 10.1 Å². The molecule has 0 spiro atoms. The first-order valence-corrected chi connectivity index (χ1v) is 3.07. The summed E-state index contributed by atoms with van der Waals surface area (Å²) in [5.74, 6) is 0. The van der Waals surface area contributed by atoms with Crippen molar-refractivity contribution in [3.63, 3.8) is 0 Å². The quantitative estimate of drug-likeness (QED) is 0.496. The van der Waals surface area contributed by atoms with Crippen molar-refractivity contribution in [2.24, 2.45) is 0 Å². The SMILES string of the molecule is CCN(CC)CC.[Be+2].[H-].[H-]. The monoisotopic (exact) mass is 112 g/mol. The molecule has 0 bridgehead atoms. The molecule has 0 atom stereocenters. The summed E-state index contributed by atoms with van der Waals surface area (Å²) in [6.45, 7) is 10.1. The first kappa shape index (κ1) is 11.0. The van der Waals surface area contributed by atoms with E-state index in [-0.39, 0.29) is 13.0 Å². The molecule has 0 aliphatic carbocycles. The third-order valence-electron chi connectivity index (χ3n) is 1.34. The van der Waals surface area contributed by atoms with Crippen LogP contribution in [0, 0.1) is 0 Å². The third-order valence-corrected chi connectivity index (χ3v) is 1.34. The molecule has 8 heavy (non-hydrogen) atoms. The maximum absolute atomic E-state index is 2.38. The van der Waals surface area contributed by atoms with Crippen LogP contribution in [0.15, 0.2) is 0 Å². The molecule has 0 N–H and O–H groups in total. The Bertz CT molecular complexity index is 37.2. The van der Waals surface area contributed by atoms with E-state index < -0.39 is 0 Å². The van der Waals surface area contributed by atoms with Gasteiger partial charge in [-0.2, -0.15) is 0 Å². The molecule has 0 aliphatic heterocycles. The molecule has 0 aromatic carbocycles. The average molecular weight is 112 g/mol.